The molecule has 224 valence electrons. The second-order valence-corrected chi connectivity index (χ2v) is 14.7. The maximum absolute atomic E-state index is 13.3. The zero-order chi connectivity index (χ0) is 29.9. The molecule has 1 aliphatic rings. The Kier molecular flexibility index (Phi) is 9.59. The predicted octanol–water partition coefficient (Wildman–Crippen LogP) is 1.22. The van der Waals surface area contributed by atoms with E-state index in [4.69, 9.17) is 4.98 Å². The topological polar surface area (TPSA) is 136 Å². The van der Waals surface area contributed by atoms with E-state index in [1.807, 2.05) is 32.4 Å². The molecule has 12 nitrogen and oxygen atoms in total. The van der Waals surface area contributed by atoms with Crippen LogP contribution in [-0.4, -0.2) is 108 Å². The summed E-state index contributed by atoms with van der Waals surface area (Å²) in [7, 11) is 0.984. The van der Waals surface area contributed by atoms with E-state index in [1.54, 1.807) is 11.9 Å². The van der Waals surface area contributed by atoms with Crippen molar-refractivity contribution < 1.29 is 14.8 Å². The molecule has 2 aromatic heterocycles. The van der Waals surface area contributed by atoms with Crippen LogP contribution in [0.25, 0.3) is 11.0 Å². The lowest BCUT2D eigenvalue weighted by Gasteiger charge is -2.36. The van der Waals surface area contributed by atoms with Gasteiger partial charge in [0.25, 0.3) is 5.56 Å². The van der Waals surface area contributed by atoms with Gasteiger partial charge in [0.05, 0.1) is 26.0 Å². The number of aliphatic hydroxyl groups excluding tert-OH is 2. The Labute approximate surface area is 240 Å². The van der Waals surface area contributed by atoms with Crippen molar-refractivity contribution in [3.05, 3.63) is 50.7 Å². The number of nitrogens with zero attached hydrogens (tertiary/aromatic N) is 6. The van der Waals surface area contributed by atoms with Gasteiger partial charge in [-0.1, -0.05) is 0 Å². The minimum absolute atomic E-state index is 0.175. The highest BCUT2D eigenvalue weighted by atomic mass is 31.2. The lowest BCUT2D eigenvalue weighted by Crippen LogP contribution is -2.47. The van der Waals surface area contributed by atoms with E-state index >= 15 is 0 Å². The lowest BCUT2D eigenvalue weighted by molar-refractivity contribution is 0.272. The van der Waals surface area contributed by atoms with E-state index in [-0.39, 0.29) is 37.3 Å². The molecule has 3 N–H and O–H groups in total. The van der Waals surface area contributed by atoms with Gasteiger partial charge in [0.15, 0.2) is 5.65 Å². The molecule has 3 aromatic rings. The fourth-order valence-electron chi connectivity index (χ4n) is 5.26. The summed E-state index contributed by atoms with van der Waals surface area (Å²) in [6, 6.07) is 8.05. The third-order valence-electron chi connectivity index (χ3n) is 7.68. The average molecular weight is 588 g/mol. The van der Waals surface area contributed by atoms with Crippen molar-refractivity contribution in [3.8, 4) is 0 Å². The molecule has 1 saturated heterocycles. The summed E-state index contributed by atoms with van der Waals surface area (Å²) in [4.78, 5) is 37.2. The number of anilines is 4. The summed E-state index contributed by atoms with van der Waals surface area (Å²) in [5, 5.41) is 23.0. The quantitative estimate of drug-likeness (QED) is 0.281. The van der Waals surface area contributed by atoms with Crippen molar-refractivity contribution >= 4 is 41.1 Å². The Hall–Kier alpha value is -3.18. The maximum Gasteiger partial charge on any atom is 0.332 e. The molecule has 3 heterocycles. The Morgan fingerprint density at radius 2 is 1.59 bits per heavy atom. The second kappa shape index (κ2) is 12.8. The minimum Gasteiger partial charge on any atom is -0.395 e. The highest BCUT2D eigenvalue weighted by Gasteiger charge is 2.23. The fourth-order valence-corrected chi connectivity index (χ4v) is 6.02. The number of pyridine rings is 1. The van der Waals surface area contributed by atoms with Gasteiger partial charge in [-0.25, -0.2) is 9.78 Å². The van der Waals surface area contributed by atoms with Gasteiger partial charge in [-0.15, -0.1) is 0 Å². The standard InChI is InChI=1S/C28H42N7O5P/c1-20-24(35(14-17-36)15-18-37)23-26(31(2)28(39)32(3)27(23)38)30-25(20)29-21-6-8-22(9-7-21)34-12-10-33(11-13-34)16-19-41(4,5)40/h6-9,36-37H,10-19H2,1-5H3,(H,29,30). The van der Waals surface area contributed by atoms with E-state index in [1.165, 1.54) is 11.6 Å². The third kappa shape index (κ3) is 6.83. The SMILES string of the molecule is Cc1c(Nc2ccc(N3CCN(CCP(C)(C)=O)CC3)cc2)nc2c(c1N(CCO)CCO)c(=O)n(C)c(=O)n2C. The Morgan fingerprint density at radius 3 is 2.15 bits per heavy atom. The summed E-state index contributed by atoms with van der Waals surface area (Å²) >= 11 is 0. The number of hydrogen-bond acceptors (Lipinski definition) is 10. The van der Waals surface area contributed by atoms with Gasteiger partial charge in [0.2, 0.25) is 0 Å². The lowest BCUT2D eigenvalue weighted by atomic mass is 10.1. The van der Waals surface area contributed by atoms with Crippen molar-refractivity contribution in [2.24, 2.45) is 14.1 Å². The highest BCUT2D eigenvalue weighted by molar-refractivity contribution is 7.62. The number of aliphatic hydroxyl groups is 2. The predicted molar refractivity (Wildman–Crippen MR) is 166 cm³/mol. The molecular weight excluding hydrogens is 545 g/mol. The first kappa shape index (κ1) is 30.8. The first-order chi connectivity index (χ1) is 19.4. The largest absolute Gasteiger partial charge is 0.395 e. The fraction of sp³-hybridized carbons (Fsp3) is 0.536. The molecular formula is C28H42N7O5P. The monoisotopic (exact) mass is 587 g/mol. The van der Waals surface area contributed by atoms with Crippen molar-refractivity contribution in [1.82, 2.24) is 19.0 Å². The number of benzene rings is 1. The van der Waals surface area contributed by atoms with Gasteiger partial charge >= 0.3 is 5.69 Å². The molecule has 1 fully saturated rings. The summed E-state index contributed by atoms with van der Waals surface area (Å²) in [6.07, 6.45) is 0.748. The van der Waals surface area contributed by atoms with Crippen molar-refractivity contribution in [2.75, 3.05) is 93.6 Å². The van der Waals surface area contributed by atoms with E-state index in [0.717, 1.165) is 54.8 Å². The van der Waals surface area contributed by atoms with E-state index in [2.05, 4.69) is 27.2 Å². The van der Waals surface area contributed by atoms with Crippen molar-refractivity contribution in [3.63, 3.8) is 0 Å². The number of fused-ring (bicyclic) bond motifs is 1. The van der Waals surface area contributed by atoms with Crippen LogP contribution in [0.15, 0.2) is 33.9 Å². The smallest absolute Gasteiger partial charge is 0.332 e. The summed E-state index contributed by atoms with van der Waals surface area (Å²) in [5.74, 6) is 0.474. The van der Waals surface area contributed by atoms with Crippen molar-refractivity contribution in [2.45, 2.75) is 6.92 Å². The van der Waals surface area contributed by atoms with E-state index in [0.29, 0.717) is 17.1 Å². The van der Waals surface area contributed by atoms with Crippen molar-refractivity contribution in [1.29, 1.82) is 0 Å². The third-order valence-corrected chi connectivity index (χ3v) is 8.95. The molecule has 0 atom stereocenters. The average Bonchev–Trinajstić information content (AvgIpc) is 2.95. The minimum atomic E-state index is -2.01. The van der Waals surface area contributed by atoms with Crippen LogP contribution in [0.2, 0.25) is 0 Å². The molecule has 4 rings (SSSR count). The number of aryl methyl sites for hydroxylation is 1. The molecule has 0 radical (unpaired) electrons. The molecule has 0 unspecified atom stereocenters. The molecule has 0 bridgehead atoms. The normalized spacial score (nSPS) is 14.6. The molecule has 1 aromatic carbocycles. The van der Waals surface area contributed by atoms with Crippen LogP contribution in [0, 0.1) is 6.92 Å². The molecule has 41 heavy (non-hydrogen) atoms. The first-order valence-corrected chi connectivity index (χ1v) is 16.7. The molecule has 1 aliphatic heterocycles. The van der Waals surface area contributed by atoms with Crippen LogP contribution >= 0.6 is 7.14 Å². The zero-order valence-corrected chi connectivity index (χ0v) is 25.5. The van der Waals surface area contributed by atoms with Crippen LogP contribution < -0.4 is 26.4 Å². The summed E-state index contributed by atoms with van der Waals surface area (Å²) in [6.45, 7) is 10.1. The second-order valence-electron chi connectivity index (χ2n) is 11.1. The summed E-state index contributed by atoms with van der Waals surface area (Å²) < 4.78 is 14.4. The number of hydrogen-bond donors (Lipinski definition) is 3. The number of piperazine rings is 1. The van der Waals surface area contributed by atoms with Crippen LogP contribution in [0.1, 0.15) is 5.56 Å². The van der Waals surface area contributed by atoms with Gasteiger partial charge < -0.3 is 29.9 Å². The van der Waals surface area contributed by atoms with Gasteiger partial charge in [-0.2, -0.15) is 0 Å². The molecule has 0 saturated carbocycles. The molecule has 13 heteroatoms. The van der Waals surface area contributed by atoms with Gasteiger partial charge in [-0.05, 0) is 44.5 Å². The Balaban J connectivity index is 1.62. The highest BCUT2D eigenvalue weighted by Crippen LogP contribution is 2.35. The van der Waals surface area contributed by atoms with Crippen LogP contribution in [-0.2, 0) is 18.7 Å². The molecule has 0 amide bonds. The summed E-state index contributed by atoms with van der Waals surface area (Å²) in [5.41, 5.74) is 2.34. The van der Waals surface area contributed by atoms with E-state index < -0.39 is 18.4 Å². The van der Waals surface area contributed by atoms with Gasteiger partial charge in [-0.3, -0.25) is 18.8 Å². The molecule has 0 aliphatic carbocycles. The van der Waals surface area contributed by atoms with Gasteiger partial charge in [0, 0.05) is 83.0 Å². The maximum atomic E-state index is 13.3. The number of nitrogens with one attached hydrogen (secondary N) is 1. The van der Waals surface area contributed by atoms with Gasteiger partial charge in [0.1, 0.15) is 11.2 Å². The Morgan fingerprint density at radius 1 is 0.976 bits per heavy atom. The van der Waals surface area contributed by atoms with E-state index in [9.17, 15) is 24.4 Å². The van der Waals surface area contributed by atoms with Crippen LogP contribution in [0.4, 0.5) is 22.9 Å². The first-order valence-electron chi connectivity index (χ1n) is 13.9. The van der Waals surface area contributed by atoms with Crippen LogP contribution in [0.5, 0.6) is 0 Å². The number of rotatable bonds is 11. The number of aromatic nitrogens is 3. The Bertz CT molecular complexity index is 1530. The van der Waals surface area contributed by atoms with Crippen LogP contribution in [0.3, 0.4) is 0 Å². The zero-order valence-electron chi connectivity index (χ0n) is 24.6. The molecule has 0 spiro atoms.